The van der Waals surface area contributed by atoms with Gasteiger partial charge < -0.3 is 5.11 Å². The number of hydrogen-bond donors (Lipinski definition) is 1. The maximum atomic E-state index is 12.2. The third kappa shape index (κ3) is 7.22. The zero-order valence-corrected chi connectivity index (χ0v) is 13.0. The molecule has 0 aromatic rings. The first-order valence-electron chi connectivity index (χ1n) is 6.99. The molecule has 1 aliphatic rings. The topological polar surface area (TPSA) is 46.5 Å². The number of alkyl halides is 3. The number of ether oxygens (including phenoxy) is 1. The van der Waals surface area contributed by atoms with E-state index in [1.165, 1.54) is 17.8 Å². The summed E-state index contributed by atoms with van der Waals surface area (Å²) in [5, 5.41) is 9.12. The molecule has 0 spiro atoms. The zero-order valence-electron chi connectivity index (χ0n) is 12.2. The van der Waals surface area contributed by atoms with Crippen LogP contribution in [0.15, 0.2) is 11.8 Å². The van der Waals surface area contributed by atoms with E-state index in [0.29, 0.717) is 31.4 Å². The normalized spacial score (nSPS) is 22.8. The summed E-state index contributed by atoms with van der Waals surface area (Å²) in [5.41, 5.74) is 0. The van der Waals surface area contributed by atoms with Crippen LogP contribution in [-0.2, 0) is 9.53 Å². The van der Waals surface area contributed by atoms with Crippen molar-refractivity contribution < 1.29 is 27.8 Å². The highest BCUT2D eigenvalue weighted by atomic mass is 32.2. The smallest absolute Gasteiger partial charge is 0.512 e. The number of halogens is 3. The van der Waals surface area contributed by atoms with Gasteiger partial charge in [0, 0.05) is 24.2 Å². The average molecular weight is 326 g/mol. The fourth-order valence-electron chi connectivity index (χ4n) is 2.37. The van der Waals surface area contributed by atoms with Crippen LogP contribution in [0.4, 0.5) is 13.2 Å². The monoisotopic (exact) mass is 326 g/mol. The number of allylic oxidation sites excluding steroid dienone is 2. The number of rotatable bonds is 7. The number of aliphatic hydroxyl groups is 1. The van der Waals surface area contributed by atoms with Crippen LogP contribution in [0.1, 0.15) is 39.5 Å². The number of carbonyl (C=O) groups excluding carboxylic acids is 1. The van der Waals surface area contributed by atoms with Gasteiger partial charge in [-0.25, -0.2) is 0 Å². The second-order valence-corrected chi connectivity index (χ2v) is 6.74. The van der Waals surface area contributed by atoms with Gasteiger partial charge in [0.2, 0.25) is 0 Å². The van der Waals surface area contributed by atoms with Crippen LogP contribution in [0.5, 0.6) is 0 Å². The third-order valence-corrected chi connectivity index (χ3v) is 4.73. The van der Waals surface area contributed by atoms with Crippen LogP contribution in [0, 0.1) is 5.92 Å². The van der Waals surface area contributed by atoms with E-state index in [-0.39, 0.29) is 22.7 Å². The lowest BCUT2D eigenvalue weighted by Crippen LogP contribution is -2.30. The lowest BCUT2D eigenvalue weighted by atomic mass is 9.90. The highest BCUT2D eigenvalue weighted by molar-refractivity contribution is 7.99. The average Bonchev–Trinajstić information content (AvgIpc) is 2.33. The Morgan fingerprint density at radius 3 is 2.67 bits per heavy atom. The molecule has 21 heavy (non-hydrogen) atoms. The summed E-state index contributed by atoms with van der Waals surface area (Å²) in [6, 6.07) is 0. The number of thioether (sulfide) groups is 1. The number of carbonyl (C=O) groups is 1. The molecule has 1 rings (SSSR count). The Hall–Kier alpha value is -0.690. The van der Waals surface area contributed by atoms with Gasteiger partial charge in [0.15, 0.2) is 5.78 Å². The lowest BCUT2D eigenvalue weighted by molar-refractivity contribution is -0.342. The minimum atomic E-state index is -4.61. The van der Waals surface area contributed by atoms with Crippen molar-refractivity contribution in [1.29, 1.82) is 0 Å². The molecule has 3 nitrogen and oxygen atoms in total. The molecule has 1 N–H and O–H groups in total. The first-order chi connectivity index (χ1) is 9.71. The summed E-state index contributed by atoms with van der Waals surface area (Å²) < 4.78 is 40.8. The number of ketones is 1. The molecular formula is C14H21F3O3S. The van der Waals surface area contributed by atoms with Gasteiger partial charge in [-0.3, -0.25) is 9.53 Å². The van der Waals surface area contributed by atoms with E-state index >= 15 is 0 Å². The summed E-state index contributed by atoms with van der Waals surface area (Å²) >= 11 is 1.41. The second-order valence-electron chi connectivity index (χ2n) is 5.25. The third-order valence-electron chi connectivity index (χ3n) is 3.43. The van der Waals surface area contributed by atoms with Crippen molar-refractivity contribution >= 4 is 17.5 Å². The van der Waals surface area contributed by atoms with Gasteiger partial charge in [0.25, 0.3) is 0 Å². The molecule has 7 heteroatoms. The molecule has 0 saturated heterocycles. The van der Waals surface area contributed by atoms with Crippen molar-refractivity contribution in [3.8, 4) is 0 Å². The lowest BCUT2D eigenvalue weighted by Gasteiger charge is -2.25. The van der Waals surface area contributed by atoms with Crippen molar-refractivity contribution in [3.63, 3.8) is 0 Å². The molecular weight excluding hydrogens is 305 g/mol. The molecule has 0 amide bonds. The predicted octanol–water partition coefficient (Wildman–Crippen LogP) is 4.23. The molecule has 2 unspecified atom stereocenters. The highest BCUT2D eigenvalue weighted by Crippen LogP contribution is 2.30. The fourth-order valence-corrected chi connectivity index (χ4v) is 3.67. The molecule has 0 aliphatic heterocycles. The van der Waals surface area contributed by atoms with Crippen molar-refractivity contribution in [1.82, 2.24) is 0 Å². The first kappa shape index (κ1) is 18.4. The summed E-state index contributed by atoms with van der Waals surface area (Å²) in [4.78, 5) is 11.3. The maximum absolute atomic E-state index is 12.2. The van der Waals surface area contributed by atoms with Gasteiger partial charge in [-0.05, 0) is 24.5 Å². The highest BCUT2D eigenvalue weighted by Gasteiger charge is 2.35. The van der Waals surface area contributed by atoms with Gasteiger partial charge in [-0.1, -0.05) is 13.8 Å². The van der Waals surface area contributed by atoms with E-state index in [2.05, 4.69) is 4.74 Å². The van der Waals surface area contributed by atoms with E-state index in [1.54, 1.807) is 13.8 Å². The summed E-state index contributed by atoms with van der Waals surface area (Å²) in [6.07, 6.45) is -2.37. The van der Waals surface area contributed by atoms with E-state index < -0.39 is 12.5 Å². The van der Waals surface area contributed by atoms with Crippen molar-refractivity contribution in [2.75, 3.05) is 5.75 Å². The quantitative estimate of drug-likeness (QED) is 0.760. The number of aliphatic hydroxyl groups excluding tert-OH is 1. The van der Waals surface area contributed by atoms with Gasteiger partial charge >= 0.3 is 6.36 Å². The Morgan fingerprint density at radius 1 is 1.48 bits per heavy atom. The molecule has 0 radical (unpaired) electrons. The maximum Gasteiger partial charge on any atom is 0.522 e. The van der Waals surface area contributed by atoms with Crippen molar-refractivity contribution in [3.05, 3.63) is 11.8 Å². The van der Waals surface area contributed by atoms with Crippen molar-refractivity contribution in [2.24, 2.45) is 5.92 Å². The Morgan fingerprint density at radius 2 is 2.14 bits per heavy atom. The van der Waals surface area contributed by atoms with Gasteiger partial charge in [0.05, 0.1) is 11.9 Å². The van der Waals surface area contributed by atoms with Crippen LogP contribution in [0.3, 0.4) is 0 Å². The van der Waals surface area contributed by atoms with Crippen LogP contribution < -0.4 is 0 Å². The largest absolute Gasteiger partial charge is 0.522 e. The minimum absolute atomic E-state index is 0.0748. The Balaban J connectivity index is 2.34. The summed E-state index contributed by atoms with van der Waals surface area (Å²) in [7, 11) is 0. The molecule has 0 saturated carbocycles. The predicted molar refractivity (Wildman–Crippen MR) is 76.2 cm³/mol. The van der Waals surface area contributed by atoms with E-state index in [0.717, 1.165) is 0 Å². The number of hydrogen-bond acceptors (Lipinski definition) is 4. The fraction of sp³-hybridized carbons (Fsp3) is 0.786. The molecule has 0 heterocycles. The minimum Gasteiger partial charge on any atom is -0.512 e. The molecule has 0 fully saturated rings. The standard InChI is InChI=1S/C14H21F3O3S/c1-3-13(20-14(15,16)17)9(2)21-5-4-10-6-11(18)8-12(19)7-10/h8-10,13,18H,3-7H2,1-2H3/t9-,10?,13?/m1/s1. The van der Waals surface area contributed by atoms with Crippen molar-refractivity contribution in [2.45, 2.75) is 57.2 Å². The molecule has 0 aromatic carbocycles. The summed E-state index contributed by atoms with van der Waals surface area (Å²) in [5.74, 6) is 0.727. The molecule has 0 aromatic heterocycles. The Bertz CT molecular complexity index is 382. The van der Waals surface area contributed by atoms with E-state index in [9.17, 15) is 23.1 Å². The van der Waals surface area contributed by atoms with Gasteiger partial charge in [0.1, 0.15) is 0 Å². The Kier molecular flexibility index (Phi) is 7.06. The van der Waals surface area contributed by atoms with E-state index in [1.807, 2.05) is 0 Å². The Labute approximate surface area is 126 Å². The van der Waals surface area contributed by atoms with E-state index in [4.69, 9.17) is 0 Å². The van der Waals surface area contributed by atoms with Crippen LogP contribution in [0.25, 0.3) is 0 Å². The second kappa shape index (κ2) is 8.08. The van der Waals surface area contributed by atoms with Crippen LogP contribution in [0.2, 0.25) is 0 Å². The summed E-state index contributed by atoms with van der Waals surface area (Å²) in [6.45, 7) is 3.38. The molecule has 3 atom stereocenters. The van der Waals surface area contributed by atoms with Gasteiger partial charge in [-0.2, -0.15) is 11.8 Å². The molecule has 1 aliphatic carbocycles. The van der Waals surface area contributed by atoms with Crippen LogP contribution in [-0.4, -0.2) is 34.4 Å². The zero-order chi connectivity index (χ0) is 16.0. The van der Waals surface area contributed by atoms with Crippen LogP contribution >= 0.6 is 11.8 Å². The van der Waals surface area contributed by atoms with Gasteiger partial charge in [-0.15, -0.1) is 13.2 Å². The SMILES string of the molecule is CCC(OC(F)(F)F)[C@@H](C)SCCC1CC(=O)C=C(O)C1. The molecule has 0 bridgehead atoms. The molecule has 122 valence electrons. The first-order valence-corrected chi connectivity index (χ1v) is 8.04.